The highest BCUT2D eigenvalue weighted by Gasteiger charge is 2.11. The topological polar surface area (TPSA) is 61.0 Å². The number of hydrogen-bond acceptors (Lipinski definition) is 4. The van der Waals surface area contributed by atoms with Gasteiger partial charge in [-0.15, -0.1) is 0 Å². The zero-order valence-electron chi connectivity index (χ0n) is 10.0. The van der Waals surface area contributed by atoms with Crippen LogP contribution in [0.2, 0.25) is 0 Å². The van der Waals surface area contributed by atoms with Crippen LogP contribution in [-0.2, 0) is 0 Å². The van der Waals surface area contributed by atoms with E-state index in [-0.39, 0.29) is 0 Å². The van der Waals surface area contributed by atoms with Gasteiger partial charge in [-0.25, -0.2) is 4.39 Å². The van der Waals surface area contributed by atoms with Gasteiger partial charge in [0, 0.05) is 12.4 Å². The van der Waals surface area contributed by atoms with Crippen molar-refractivity contribution in [2.75, 3.05) is 6.61 Å². The lowest BCUT2D eigenvalue weighted by Crippen LogP contribution is -2.13. The minimum Gasteiger partial charge on any atom is -0.492 e. The van der Waals surface area contributed by atoms with Crippen LogP contribution in [-0.4, -0.2) is 16.6 Å². The molecule has 2 aromatic heterocycles. The number of nitrogens with zero attached hydrogens (tertiary/aromatic N) is 2. The number of halogens is 1. The van der Waals surface area contributed by atoms with Crippen LogP contribution >= 0.6 is 0 Å². The zero-order valence-corrected chi connectivity index (χ0v) is 10.0. The Morgan fingerprint density at radius 3 is 2.50 bits per heavy atom. The maximum Gasteiger partial charge on any atom is 0.141 e. The third kappa shape index (κ3) is 2.81. The fraction of sp³-hybridized carbons (Fsp3) is 0.231. The van der Waals surface area contributed by atoms with Gasteiger partial charge in [0.05, 0.1) is 25.0 Å². The molecule has 0 saturated heterocycles. The molecule has 0 radical (unpaired) electrons. The summed E-state index contributed by atoms with van der Waals surface area (Å²) in [6.07, 6.45) is 5.94. The first kappa shape index (κ1) is 12.4. The first-order chi connectivity index (χ1) is 8.70. The molecule has 1 unspecified atom stereocenters. The molecular formula is C13H14FN3O. The first-order valence-electron chi connectivity index (χ1n) is 5.64. The van der Waals surface area contributed by atoms with Crippen LogP contribution in [0.15, 0.2) is 36.9 Å². The highest BCUT2D eigenvalue weighted by atomic mass is 19.1. The molecule has 2 rings (SSSR count). The number of nitrogens with two attached hydrogens (primary N) is 1. The van der Waals surface area contributed by atoms with Crippen molar-refractivity contribution < 1.29 is 9.13 Å². The fourth-order valence-electron chi connectivity index (χ4n) is 1.64. The van der Waals surface area contributed by atoms with Crippen LogP contribution in [0.1, 0.15) is 24.1 Å². The predicted molar refractivity (Wildman–Crippen MR) is 65.6 cm³/mol. The second-order valence-electron chi connectivity index (χ2n) is 3.80. The number of aromatic nitrogens is 2. The molecule has 0 bridgehead atoms. The van der Waals surface area contributed by atoms with E-state index in [1.807, 2.05) is 6.92 Å². The Morgan fingerprint density at radius 2 is 1.83 bits per heavy atom. The van der Waals surface area contributed by atoms with E-state index < -0.39 is 11.9 Å². The molecule has 0 fully saturated rings. The Bertz CT molecular complexity index is 533. The summed E-state index contributed by atoms with van der Waals surface area (Å²) >= 11 is 0. The second-order valence-corrected chi connectivity index (χ2v) is 3.80. The van der Waals surface area contributed by atoms with Crippen molar-refractivity contribution in [1.82, 2.24) is 9.97 Å². The molecule has 0 aliphatic carbocycles. The molecular weight excluding hydrogens is 233 g/mol. The van der Waals surface area contributed by atoms with Gasteiger partial charge in [-0.3, -0.25) is 9.97 Å². The van der Waals surface area contributed by atoms with Gasteiger partial charge in [-0.1, -0.05) is 0 Å². The summed E-state index contributed by atoms with van der Waals surface area (Å²) in [4.78, 5) is 7.84. The van der Waals surface area contributed by atoms with E-state index in [0.717, 1.165) is 11.8 Å². The average molecular weight is 247 g/mol. The third-order valence-electron chi connectivity index (χ3n) is 2.49. The number of hydrogen-bond donors (Lipinski definition) is 1. The Hall–Kier alpha value is -2.01. The van der Waals surface area contributed by atoms with E-state index in [1.54, 1.807) is 24.7 Å². The summed E-state index contributed by atoms with van der Waals surface area (Å²) < 4.78 is 18.4. The standard InChI is InChI=1S/C13H14FN3O/c1-2-18-12-4-10(6-17-8-12)13(15)9-3-11(14)7-16-5-9/h3-8,13H,2,15H2,1H3. The highest BCUT2D eigenvalue weighted by molar-refractivity contribution is 5.32. The normalized spacial score (nSPS) is 12.2. The third-order valence-corrected chi connectivity index (χ3v) is 2.49. The van der Waals surface area contributed by atoms with Crippen LogP contribution in [0.25, 0.3) is 0 Å². The highest BCUT2D eigenvalue weighted by Crippen LogP contribution is 2.22. The summed E-state index contributed by atoms with van der Waals surface area (Å²) in [7, 11) is 0. The minimum absolute atomic E-state index is 0.406. The molecule has 2 aromatic rings. The largest absolute Gasteiger partial charge is 0.492 e. The summed E-state index contributed by atoms with van der Waals surface area (Å²) in [5, 5.41) is 0. The lowest BCUT2D eigenvalue weighted by atomic mass is 10.0. The molecule has 0 aliphatic heterocycles. The quantitative estimate of drug-likeness (QED) is 0.898. The van der Waals surface area contributed by atoms with E-state index in [4.69, 9.17) is 10.5 Å². The molecule has 0 aromatic carbocycles. The van der Waals surface area contributed by atoms with Gasteiger partial charge in [-0.05, 0) is 30.2 Å². The van der Waals surface area contributed by atoms with Gasteiger partial charge >= 0.3 is 0 Å². The van der Waals surface area contributed by atoms with E-state index in [1.165, 1.54) is 6.07 Å². The maximum atomic E-state index is 13.1. The van der Waals surface area contributed by atoms with Crippen LogP contribution in [0, 0.1) is 5.82 Å². The van der Waals surface area contributed by atoms with Crippen LogP contribution in [0.3, 0.4) is 0 Å². The van der Waals surface area contributed by atoms with Gasteiger partial charge in [0.2, 0.25) is 0 Å². The molecule has 2 heterocycles. The van der Waals surface area contributed by atoms with E-state index in [9.17, 15) is 4.39 Å². The van der Waals surface area contributed by atoms with Crippen molar-refractivity contribution in [3.05, 3.63) is 53.9 Å². The monoisotopic (exact) mass is 247 g/mol. The van der Waals surface area contributed by atoms with Crippen molar-refractivity contribution in [3.8, 4) is 5.75 Å². The van der Waals surface area contributed by atoms with Gasteiger partial charge in [0.1, 0.15) is 11.6 Å². The molecule has 4 nitrogen and oxygen atoms in total. The smallest absolute Gasteiger partial charge is 0.141 e. The lowest BCUT2D eigenvalue weighted by Gasteiger charge is -2.13. The molecule has 1 atom stereocenters. The van der Waals surface area contributed by atoms with Crippen LogP contribution in [0.4, 0.5) is 4.39 Å². The molecule has 0 saturated carbocycles. The SMILES string of the molecule is CCOc1cncc(C(N)c2cncc(F)c2)c1. The van der Waals surface area contributed by atoms with Gasteiger partial charge in [-0.2, -0.15) is 0 Å². The van der Waals surface area contributed by atoms with Gasteiger partial charge in [0.15, 0.2) is 0 Å². The zero-order chi connectivity index (χ0) is 13.0. The van der Waals surface area contributed by atoms with Crippen molar-refractivity contribution in [1.29, 1.82) is 0 Å². The van der Waals surface area contributed by atoms with E-state index in [2.05, 4.69) is 9.97 Å². The molecule has 94 valence electrons. The molecule has 0 amide bonds. The summed E-state index contributed by atoms with van der Waals surface area (Å²) in [5.74, 6) is 0.242. The minimum atomic E-state index is -0.471. The van der Waals surface area contributed by atoms with Crippen LogP contribution < -0.4 is 10.5 Å². The molecule has 0 aliphatic rings. The van der Waals surface area contributed by atoms with Gasteiger partial charge < -0.3 is 10.5 Å². The van der Waals surface area contributed by atoms with Crippen molar-refractivity contribution in [3.63, 3.8) is 0 Å². The number of rotatable bonds is 4. The van der Waals surface area contributed by atoms with Gasteiger partial charge in [0.25, 0.3) is 0 Å². The molecule has 0 spiro atoms. The summed E-state index contributed by atoms with van der Waals surface area (Å²) in [6, 6.07) is 2.69. The first-order valence-corrected chi connectivity index (χ1v) is 5.64. The summed E-state index contributed by atoms with van der Waals surface area (Å²) in [6.45, 7) is 2.45. The predicted octanol–water partition coefficient (Wildman–Crippen LogP) is 2.06. The van der Waals surface area contributed by atoms with Crippen molar-refractivity contribution in [2.24, 2.45) is 5.73 Å². The maximum absolute atomic E-state index is 13.1. The number of ether oxygens (including phenoxy) is 1. The lowest BCUT2D eigenvalue weighted by molar-refractivity contribution is 0.338. The number of pyridine rings is 2. The van der Waals surface area contributed by atoms with E-state index in [0.29, 0.717) is 17.9 Å². The molecule has 2 N–H and O–H groups in total. The van der Waals surface area contributed by atoms with Crippen LogP contribution in [0.5, 0.6) is 5.75 Å². The molecule has 5 heteroatoms. The molecule has 18 heavy (non-hydrogen) atoms. The Kier molecular flexibility index (Phi) is 3.84. The fourth-order valence-corrected chi connectivity index (χ4v) is 1.64. The van der Waals surface area contributed by atoms with E-state index >= 15 is 0 Å². The Labute approximate surface area is 105 Å². The summed E-state index contributed by atoms with van der Waals surface area (Å²) in [5.41, 5.74) is 7.41. The Balaban J connectivity index is 2.27. The van der Waals surface area contributed by atoms with Crippen molar-refractivity contribution in [2.45, 2.75) is 13.0 Å². The Morgan fingerprint density at radius 1 is 1.17 bits per heavy atom. The van der Waals surface area contributed by atoms with Crippen molar-refractivity contribution >= 4 is 0 Å². The average Bonchev–Trinajstić information content (AvgIpc) is 2.39. The second kappa shape index (κ2) is 5.55.